The highest BCUT2D eigenvalue weighted by Gasteiger charge is 2.44. The molecule has 0 saturated carbocycles. The fourth-order valence-electron chi connectivity index (χ4n) is 8.11. The number of carboxylic acids is 2. The lowest BCUT2D eigenvalue weighted by molar-refractivity contribution is 0.0686. The summed E-state index contributed by atoms with van der Waals surface area (Å²) in [6, 6.07) is 53.2. The number of nitrogens with zero attached hydrogens (tertiary/aromatic N) is 2. The maximum Gasteiger partial charge on any atom is 0.335 e. The number of anilines is 6. The maximum atomic E-state index is 11.7. The zero-order chi connectivity index (χ0) is 38.0. The minimum atomic E-state index is -0.943. The van der Waals surface area contributed by atoms with E-state index in [0.29, 0.717) is 0 Å². The molecule has 2 aliphatic rings. The first-order chi connectivity index (χ1) is 26.6. The van der Waals surface area contributed by atoms with E-state index in [0.717, 1.165) is 56.4 Å². The van der Waals surface area contributed by atoms with Crippen LogP contribution in [0.3, 0.4) is 0 Å². The van der Waals surface area contributed by atoms with Crippen LogP contribution in [0.5, 0.6) is 0 Å². The average molecular weight is 717 g/mol. The molecular weight excluding hydrogens is 679 g/mol. The fourth-order valence-corrected chi connectivity index (χ4v) is 8.11. The molecule has 0 spiro atoms. The van der Waals surface area contributed by atoms with Crippen molar-refractivity contribution in [3.05, 3.63) is 174 Å². The van der Waals surface area contributed by atoms with E-state index in [1.54, 1.807) is 24.3 Å². The molecule has 0 bridgehead atoms. The van der Waals surface area contributed by atoms with Crippen molar-refractivity contribution in [2.45, 2.75) is 26.2 Å². The van der Waals surface area contributed by atoms with Gasteiger partial charge in [-0.3, -0.25) is 0 Å². The van der Waals surface area contributed by atoms with Gasteiger partial charge in [0.05, 0.1) is 11.1 Å². The lowest BCUT2D eigenvalue weighted by Gasteiger charge is -2.45. The number of rotatable bonds is 6. The number of fused-ring (bicyclic) bond motifs is 4. The summed E-state index contributed by atoms with van der Waals surface area (Å²) in [4.78, 5) is 27.9. The predicted molar refractivity (Wildman–Crippen MR) is 224 cm³/mol. The van der Waals surface area contributed by atoms with Crippen molar-refractivity contribution in [2.24, 2.45) is 0 Å². The van der Waals surface area contributed by atoms with Gasteiger partial charge in [0, 0.05) is 34.1 Å². The molecule has 6 nitrogen and oxygen atoms in total. The first-order valence-electron chi connectivity index (χ1n) is 18.4. The number of aromatic carboxylic acids is 2. The van der Waals surface area contributed by atoms with E-state index in [1.165, 1.54) is 22.0 Å². The molecule has 7 aromatic carbocycles. The Hall–Kier alpha value is -6.86. The molecule has 0 amide bonds. The van der Waals surface area contributed by atoms with Gasteiger partial charge in [-0.25, -0.2) is 9.59 Å². The summed E-state index contributed by atoms with van der Waals surface area (Å²) in [5.74, 6) is -1.88. The molecule has 7 aromatic rings. The molecule has 55 heavy (non-hydrogen) atoms. The smallest absolute Gasteiger partial charge is 0.335 e. The third-order valence-electron chi connectivity index (χ3n) is 10.9. The Morgan fingerprint density at radius 3 is 1.47 bits per heavy atom. The molecule has 0 atom stereocenters. The molecule has 2 N–H and O–H groups in total. The second kappa shape index (κ2) is 12.9. The first kappa shape index (κ1) is 33.9. The molecular formula is C48H37BN2O4. The number of hydrogen-bond acceptors (Lipinski definition) is 4. The summed E-state index contributed by atoms with van der Waals surface area (Å²) >= 11 is 0. The lowest BCUT2D eigenvalue weighted by Crippen LogP contribution is -2.61. The molecule has 7 heteroatoms. The zero-order valence-corrected chi connectivity index (χ0v) is 30.7. The van der Waals surface area contributed by atoms with Crippen LogP contribution in [0.4, 0.5) is 34.1 Å². The summed E-state index contributed by atoms with van der Waals surface area (Å²) < 4.78 is 0. The van der Waals surface area contributed by atoms with Crippen molar-refractivity contribution < 1.29 is 19.8 Å². The van der Waals surface area contributed by atoms with Crippen LogP contribution in [0.1, 0.15) is 47.1 Å². The van der Waals surface area contributed by atoms with Gasteiger partial charge in [-0.1, -0.05) is 106 Å². The first-order valence-corrected chi connectivity index (χ1v) is 18.4. The monoisotopic (exact) mass is 716 g/mol. The van der Waals surface area contributed by atoms with Crippen molar-refractivity contribution in [2.75, 3.05) is 9.80 Å². The molecule has 0 fully saturated rings. The van der Waals surface area contributed by atoms with Crippen molar-refractivity contribution >= 4 is 69.2 Å². The lowest BCUT2D eigenvalue weighted by atomic mass is 9.33. The summed E-state index contributed by atoms with van der Waals surface area (Å²) in [7, 11) is 0. The number of benzene rings is 7. The Morgan fingerprint density at radius 1 is 0.473 bits per heavy atom. The molecule has 0 unspecified atom stereocenters. The molecule has 0 radical (unpaired) electrons. The van der Waals surface area contributed by atoms with E-state index in [4.69, 9.17) is 0 Å². The Morgan fingerprint density at radius 2 is 0.927 bits per heavy atom. The van der Waals surface area contributed by atoms with Crippen LogP contribution in [0.15, 0.2) is 158 Å². The summed E-state index contributed by atoms with van der Waals surface area (Å²) in [5.41, 5.74) is 15.7. The standard InChI is InChI=1S/C48H37BN2O4/c1-48(2,3)36-28-43-45-44(29-36)51(38-24-21-31(22-25-38)30-13-17-33(18-14-30)46(52)53)41-12-8-7-11-39(41)49(45)40-27-35(32-15-19-34(20-16-32)47(54)55)23-26-42(40)50(43)37-9-5-4-6-10-37/h4-29H,1-3H3,(H,52,53)(H,54,55). The highest BCUT2D eigenvalue weighted by Crippen LogP contribution is 2.46. The van der Waals surface area contributed by atoms with E-state index in [1.807, 2.05) is 30.3 Å². The van der Waals surface area contributed by atoms with Crippen LogP contribution >= 0.6 is 0 Å². The van der Waals surface area contributed by atoms with Crippen LogP contribution in [-0.2, 0) is 5.41 Å². The minimum absolute atomic E-state index is 0.0771. The third kappa shape index (κ3) is 5.76. The van der Waals surface area contributed by atoms with E-state index >= 15 is 0 Å². The van der Waals surface area contributed by atoms with Crippen molar-refractivity contribution in [3.63, 3.8) is 0 Å². The van der Waals surface area contributed by atoms with Gasteiger partial charge in [0.25, 0.3) is 6.71 Å². The van der Waals surface area contributed by atoms with Crippen LogP contribution in [0.2, 0.25) is 0 Å². The van der Waals surface area contributed by atoms with E-state index in [-0.39, 0.29) is 23.3 Å². The number of carboxylic acid groups (broad SMARTS) is 2. The van der Waals surface area contributed by atoms with Gasteiger partial charge in [-0.2, -0.15) is 0 Å². The molecule has 2 aliphatic heterocycles. The summed E-state index contributed by atoms with van der Waals surface area (Å²) in [6.07, 6.45) is 0. The number of hydrogen-bond donors (Lipinski definition) is 2. The second-order valence-corrected chi connectivity index (χ2v) is 15.3. The van der Waals surface area contributed by atoms with Gasteiger partial charge in [-0.15, -0.1) is 0 Å². The Balaban J connectivity index is 1.28. The summed E-state index contributed by atoms with van der Waals surface area (Å²) in [5, 5.41) is 19.0. The van der Waals surface area contributed by atoms with Crippen LogP contribution in [0, 0.1) is 0 Å². The number of para-hydroxylation sites is 2. The normalized spacial score (nSPS) is 12.8. The van der Waals surface area contributed by atoms with Gasteiger partial charge in [0.2, 0.25) is 0 Å². The van der Waals surface area contributed by atoms with Gasteiger partial charge >= 0.3 is 11.9 Å². The fraction of sp³-hybridized carbons (Fsp3) is 0.0833. The number of carbonyl (C=O) groups is 2. The van der Waals surface area contributed by atoms with Crippen LogP contribution < -0.4 is 26.2 Å². The average Bonchev–Trinajstić information content (AvgIpc) is 3.20. The van der Waals surface area contributed by atoms with E-state index < -0.39 is 11.9 Å². The van der Waals surface area contributed by atoms with Gasteiger partial charge in [-0.05, 0) is 122 Å². The predicted octanol–water partition coefficient (Wildman–Crippen LogP) is 9.80. The van der Waals surface area contributed by atoms with Crippen LogP contribution in [0.25, 0.3) is 22.3 Å². The Labute approximate surface area is 320 Å². The Bertz CT molecular complexity index is 2630. The SMILES string of the molecule is CC(C)(C)c1cc2c3c(c1)N(c1ccccc1)c1ccc(-c4ccc(C(=O)O)cc4)cc1B3c1ccccc1N2c1ccc(-c2ccc(C(=O)O)cc2)cc1. The van der Waals surface area contributed by atoms with Crippen LogP contribution in [-0.4, -0.2) is 28.9 Å². The van der Waals surface area contributed by atoms with Crippen molar-refractivity contribution in [1.29, 1.82) is 0 Å². The van der Waals surface area contributed by atoms with Crippen molar-refractivity contribution in [1.82, 2.24) is 0 Å². The van der Waals surface area contributed by atoms with Crippen molar-refractivity contribution in [3.8, 4) is 22.3 Å². The molecule has 0 aromatic heterocycles. The minimum Gasteiger partial charge on any atom is -0.478 e. The van der Waals surface area contributed by atoms with E-state index in [9.17, 15) is 19.8 Å². The van der Waals surface area contributed by atoms with Gasteiger partial charge in [0.1, 0.15) is 0 Å². The van der Waals surface area contributed by atoms with Gasteiger partial charge < -0.3 is 20.0 Å². The second-order valence-electron chi connectivity index (χ2n) is 15.3. The highest BCUT2D eigenvalue weighted by atomic mass is 16.4. The summed E-state index contributed by atoms with van der Waals surface area (Å²) in [6.45, 7) is 6.70. The zero-order valence-electron chi connectivity index (χ0n) is 30.7. The molecule has 2 heterocycles. The maximum absolute atomic E-state index is 11.7. The van der Waals surface area contributed by atoms with E-state index in [2.05, 4.69) is 134 Å². The Kier molecular flexibility index (Phi) is 7.97. The largest absolute Gasteiger partial charge is 0.478 e. The highest BCUT2D eigenvalue weighted by molar-refractivity contribution is 7.00. The third-order valence-corrected chi connectivity index (χ3v) is 10.9. The topological polar surface area (TPSA) is 81.1 Å². The molecule has 9 rings (SSSR count). The molecule has 0 saturated heterocycles. The quantitative estimate of drug-likeness (QED) is 0.167. The molecule has 266 valence electrons. The van der Waals surface area contributed by atoms with Gasteiger partial charge in [0.15, 0.2) is 0 Å². The molecule has 0 aliphatic carbocycles.